The van der Waals surface area contributed by atoms with E-state index in [9.17, 15) is 14.4 Å². The highest BCUT2D eigenvalue weighted by atomic mass is 16.5. The monoisotopic (exact) mass is 414 g/mol. The summed E-state index contributed by atoms with van der Waals surface area (Å²) in [6, 6.07) is 7.05. The fourth-order valence-electron chi connectivity index (χ4n) is 3.29. The van der Waals surface area contributed by atoms with Gasteiger partial charge in [-0.05, 0) is 17.9 Å². The Morgan fingerprint density at radius 2 is 1.73 bits per heavy atom. The van der Waals surface area contributed by atoms with Crippen LogP contribution in [0.1, 0.15) is 27.1 Å². The van der Waals surface area contributed by atoms with Gasteiger partial charge in [-0.15, -0.1) is 0 Å². The van der Waals surface area contributed by atoms with E-state index in [2.05, 4.69) is 4.99 Å². The van der Waals surface area contributed by atoms with Crippen LogP contribution < -0.4 is 33.4 Å². The molecule has 0 bridgehead atoms. The van der Waals surface area contributed by atoms with Gasteiger partial charge in [0.05, 0.1) is 25.6 Å². The maximum Gasteiger partial charge on any atom is 0.222 e. The van der Waals surface area contributed by atoms with Crippen molar-refractivity contribution in [1.29, 1.82) is 0 Å². The Morgan fingerprint density at radius 1 is 1.10 bits per heavy atom. The van der Waals surface area contributed by atoms with E-state index in [-0.39, 0.29) is 36.6 Å². The number of Topliss-reactive ketones (excluding diaryl/α,β-unsaturated/α-hetero) is 2. The second-order valence-electron chi connectivity index (χ2n) is 6.67. The highest BCUT2D eigenvalue weighted by molar-refractivity contribution is 6.20. The molecule has 2 rings (SSSR count). The van der Waals surface area contributed by atoms with Crippen LogP contribution in [0.2, 0.25) is 0 Å². The lowest BCUT2D eigenvalue weighted by Gasteiger charge is -2.22. The molecule has 2 unspecified atom stereocenters. The van der Waals surface area contributed by atoms with Gasteiger partial charge >= 0.3 is 0 Å². The Bertz CT molecular complexity index is 1000. The van der Waals surface area contributed by atoms with Gasteiger partial charge in [0, 0.05) is 23.1 Å². The first-order valence-electron chi connectivity index (χ1n) is 9.20. The number of aliphatic imine (C=N–C) groups is 1. The zero-order chi connectivity index (χ0) is 22.4. The number of primary amides is 1. The molecule has 30 heavy (non-hydrogen) atoms. The number of nitrogens with zero attached hydrogens (tertiary/aromatic N) is 1. The van der Waals surface area contributed by atoms with Crippen LogP contribution >= 0.6 is 0 Å². The molecule has 1 amide bonds. The molecule has 2 aromatic carbocycles. The summed E-state index contributed by atoms with van der Waals surface area (Å²) >= 11 is 0. The largest absolute Gasteiger partial charge is 0.496 e. The number of rotatable bonds is 10. The summed E-state index contributed by atoms with van der Waals surface area (Å²) in [5.41, 5.74) is 27.9. The molecule has 10 nitrogen and oxygen atoms in total. The number of benzene rings is 2. The van der Waals surface area contributed by atoms with Gasteiger partial charge < -0.3 is 33.4 Å². The molecule has 2 atom stereocenters. The Hall–Kier alpha value is -3.50. The minimum atomic E-state index is -1.31. The van der Waals surface area contributed by atoms with E-state index in [1.807, 2.05) is 0 Å². The fraction of sp³-hybridized carbons (Fsp3) is 0.300. The van der Waals surface area contributed by atoms with Crippen molar-refractivity contribution in [2.75, 3.05) is 20.2 Å². The minimum Gasteiger partial charge on any atom is -0.496 e. The molecule has 2 aromatic rings. The molecule has 0 aliphatic heterocycles. The molecule has 0 radical (unpaired) electrons. The summed E-state index contributed by atoms with van der Waals surface area (Å²) in [7, 11) is 1.46. The molecular formula is C20H26N6O4. The topological polar surface area (TPSA) is 203 Å². The average molecular weight is 414 g/mol. The van der Waals surface area contributed by atoms with Crippen molar-refractivity contribution >= 4 is 34.2 Å². The summed E-state index contributed by atoms with van der Waals surface area (Å²) < 4.78 is 5.37. The van der Waals surface area contributed by atoms with Gasteiger partial charge in [-0.2, -0.15) is 0 Å². The van der Waals surface area contributed by atoms with Crippen molar-refractivity contribution in [1.82, 2.24) is 0 Å². The molecule has 0 fully saturated rings. The molecule has 0 saturated heterocycles. The zero-order valence-corrected chi connectivity index (χ0v) is 16.6. The first-order chi connectivity index (χ1) is 14.2. The molecule has 0 spiro atoms. The Labute approximate surface area is 173 Å². The molecule has 0 aliphatic carbocycles. The maximum atomic E-state index is 13.4. The Morgan fingerprint density at radius 3 is 2.27 bits per heavy atom. The lowest BCUT2D eigenvalue weighted by atomic mass is 9.85. The van der Waals surface area contributed by atoms with E-state index in [0.717, 1.165) is 0 Å². The molecule has 0 aromatic heterocycles. The lowest BCUT2D eigenvalue weighted by Crippen LogP contribution is -2.45. The first-order valence-corrected chi connectivity index (χ1v) is 9.20. The number of amides is 1. The SMILES string of the molecule is COc1cc(C(=O)CN)c(C(=O)C(N)C(CCN=C(N)N)C(N)=O)c2ccccc12. The number of hydrogen-bond acceptors (Lipinski definition) is 7. The normalized spacial score (nSPS) is 12.8. The van der Waals surface area contributed by atoms with Gasteiger partial charge in [-0.25, -0.2) is 0 Å². The van der Waals surface area contributed by atoms with Crippen molar-refractivity contribution in [2.24, 2.45) is 39.6 Å². The number of hydrogen-bond donors (Lipinski definition) is 5. The summed E-state index contributed by atoms with van der Waals surface area (Å²) in [6.45, 7) is -0.254. The number of nitrogens with two attached hydrogens (primary N) is 5. The summed E-state index contributed by atoms with van der Waals surface area (Å²) in [6.07, 6.45) is 0.0639. The number of guanidine groups is 1. The molecular weight excluding hydrogens is 388 g/mol. The average Bonchev–Trinajstić information content (AvgIpc) is 2.73. The number of carbonyl (C=O) groups excluding carboxylic acids is 3. The highest BCUT2D eigenvalue weighted by Gasteiger charge is 2.33. The number of ketones is 2. The van der Waals surface area contributed by atoms with Gasteiger partial charge in [0.1, 0.15) is 5.75 Å². The maximum absolute atomic E-state index is 13.4. The van der Waals surface area contributed by atoms with Gasteiger partial charge in [-0.1, -0.05) is 24.3 Å². The molecule has 160 valence electrons. The third kappa shape index (κ3) is 4.73. The van der Waals surface area contributed by atoms with Crippen LogP contribution in [-0.2, 0) is 4.79 Å². The first kappa shape index (κ1) is 22.8. The van der Waals surface area contributed by atoms with Gasteiger partial charge in [0.25, 0.3) is 0 Å². The molecule has 10 N–H and O–H groups in total. The van der Waals surface area contributed by atoms with Crippen LogP contribution in [0.25, 0.3) is 10.8 Å². The van der Waals surface area contributed by atoms with Crippen LogP contribution in [0.5, 0.6) is 5.75 Å². The van der Waals surface area contributed by atoms with E-state index in [1.165, 1.54) is 13.2 Å². The summed E-state index contributed by atoms with van der Waals surface area (Å²) in [5.74, 6) is -2.64. The van der Waals surface area contributed by atoms with E-state index in [1.54, 1.807) is 24.3 Å². The number of ether oxygens (including phenoxy) is 1. The standard InChI is InChI=1S/C20H26N6O4/c1-30-15-8-13(14(27)9-21)16(11-5-3-2-4-10(11)15)18(28)17(22)12(19(23)29)6-7-26-20(24)25/h2-5,8,12,17H,6-7,9,21-22H2,1H3,(H2,23,29)(H4,24,25,26). The predicted molar refractivity (Wildman–Crippen MR) is 114 cm³/mol. The number of carbonyl (C=O) groups is 3. The third-order valence-corrected chi connectivity index (χ3v) is 4.79. The van der Waals surface area contributed by atoms with E-state index in [4.69, 9.17) is 33.4 Å². The van der Waals surface area contributed by atoms with Crippen molar-refractivity contribution in [3.05, 3.63) is 41.5 Å². The van der Waals surface area contributed by atoms with Crippen LogP contribution in [0, 0.1) is 5.92 Å². The van der Waals surface area contributed by atoms with Crippen molar-refractivity contribution in [3.8, 4) is 5.75 Å². The lowest BCUT2D eigenvalue weighted by molar-refractivity contribution is -0.122. The number of methoxy groups -OCH3 is 1. The molecule has 0 heterocycles. The smallest absolute Gasteiger partial charge is 0.222 e. The Balaban J connectivity index is 2.61. The van der Waals surface area contributed by atoms with Crippen molar-refractivity contribution < 1.29 is 19.1 Å². The minimum absolute atomic E-state index is 0.0639. The predicted octanol–water partition coefficient (Wildman–Crippen LogP) is -0.735. The van der Waals surface area contributed by atoms with E-state index < -0.39 is 29.4 Å². The van der Waals surface area contributed by atoms with Gasteiger partial charge in [0.2, 0.25) is 5.91 Å². The van der Waals surface area contributed by atoms with Crippen molar-refractivity contribution in [2.45, 2.75) is 12.5 Å². The van der Waals surface area contributed by atoms with Crippen LogP contribution in [0.3, 0.4) is 0 Å². The van der Waals surface area contributed by atoms with Crippen LogP contribution in [0.15, 0.2) is 35.3 Å². The van der Waals surface area contributed by atoms with E-state index >= 15 is 0 Å². The summed E-state index contributed by atoms with van der Waals surface area (Å²) in [5, 5.41) is 1.07. The second-order valence-corrected chi connectivity index (χ2v) is 6.67. The quantitative estimate of drug-likeness (QED) is 0.190. The fourth-order valence-corrected chi connectivity index (χ4v) is 3.29. The summed E-state index contributed by atoms with van der Waals surface area (Å²) in [4.78, 5) is 41.7. The third-order valence-electron chi connectivity index (χ3n) is 4.79. The highest BCUT2D eigenvalue weighted by Crippen LogP contribution is 2.33. The molecule has 0 saturated carbocycles. The Kier molecular flexibility index (Phi) is 7.45. The van der Waals surface area contributed by atoms with Gasteiger partial charge in [-0.3, -0.25) is 19.4 Å². The molecule has 10 heteroatoms. The molecule has 0 aliphatic rings. The number of fused-ring (bicyclic) bond motifs is 1. The van der Waals surface area contributed by atoms with Crippen LogP contribution in [0.4, 0.5) is 0 Å². The zero-order valence-electron chi connectivity index (χ0n) is 16.6. The second kappa shape index (κ2) is 9.81. The van der Waals surface area contributed by atoms with Gasteiger partial charge in [0.15, 0.2) is 17.5 Å². The van der Waals surface area contributed by atoms with Crippen molar-refractivity contribution in [3.63, 3.8) is 0 Å². The van der Waals surface area contributed by atoms with E-state index in [0.29, 0.717) is 16.5 Å². The van der Waals surface area contributed by atoms with Crippen LogP contribution in [-0.4, -0.2) is 49.7 Å².